The highest BCUT2D eigenvalue weighted by Crippen LogP contribution is 2.34. The Morgan fingerprint density at radius 1 is 1.33 bits per heavy atom. The molecule has 0 bridgehead atoms. The highest BCUT2D eigenvalue weighted by Gasteiger charge is 2.22. The van der Waals surface area contributed by atoms with Crippen molar-refractivity contribution in [2.24, 2.45) is 5.92 Å². The van der Waals surface area contributed by atoms with E-state index in [0.717, 1.165) is 30.0 Å². The number of aryl methyl sites for hydroxylation is 1. The average molecular weight is 249 g/mol. The number of rotatable bonds is 5. The van der Waals surface area contributed by atoms with E-state index < -0.39 is 0 Å². The minimum atomic E-state index is -0.0264. The SMILES string of the molecule is CCNC(CC1CCCC1)c1cccc(C)c1F. The Labute approximate surface area is 110 Å². The first-order valence-electron chi connectivity index (χ1n) is 7.20. The Balaban J connectivity index is 2.14. The number of benzene rings is 1. The molecule has 1 unspecified atom stereocenters. The van der Waals surface area contributed by atoms with E-state index in [1.54, 1.807) is 0 Å². The molecule has 1 aliphatic carbocycles. The molecule has 18 heavy (non-hydrogen) atoms. The van der Waals surface area contributed by atoms with Gasteiger partial charge in [-0.25, -0.2) is 4.39 Å². The maximum atomic E-state index is 14.2. The van der Waals surface area contributed by atoms with Crippen LogP contribution in [0.4, 0.5) is 4.39 Å². The fraction of sp³-hybridized carbons (Fsp3) is 0.625. The predicted molar refractivity (Wildman–Crippen MR) is 74.1 cm³/mol. The van der Waals surface area contributed by atoms with Crippen LogP contribution in [0.25, 0.3) is 0 Å². The summed E-state index contributed by atoms with van der Waals surface area (Å²) in [6.45, 7) is 4.83. The van der Waals surface area contributed by atoms with E-state index >= 15 is 0 Å². The summed E-state index contributed by atoms with van der Waals surface area (Å²) in [5.74, 6) is 0.746. The standard InChI is InChI=1S/C16H24FN/c1-3-18-15(11-13-8-4-5-9-13)14-10-6-7-12(2)16(14)17/h6-7,10,13,15,18H,3-5,8-9,11H2,1-2H3. The largest absolute Gasteiger partial charge is 0.310 e. The first-order valence-corrected chi connectivity index (χ1v) is 7.20. The lowest BCUT2D eigenvalue weighted by Crippen LogP contribution is -2.24. The molecule has 100 valence electrons. The minimum absolute atomic E-state index is 0.0264. The smallest absolute Gasteiger partial charge is 0.130 e. The summed E-state index contributed by atoms with van der Waals surface area (Å²) < 4.78 is 14.2. The third kappa shape index (κ3) is 3.11. The molecule has 0 aromatic heterocycles. The first kappa shape index (κ1) is 13.5. The highest BCUT2D eigenvalue weighted by molar-refractivity contribution is 5.27. The molecule has 0 amide bonds. The molecule has 1 aromatic rings. The molecule has 1 saturated carbocycles. The van der Waals surface area contributed by atoms with Crippen molar-refractivity contribution in [1.82, 2.24) is 5.32 Å². The van der Waals surface area contributed by atoms with Crippen molar-refractivity contribution in [1.29, 1.82) is 0 Å². The Morgan fingerprint density at radius 3 is 2.72 bits per heavy atom. The summed E-state index contributed by atoms with van der Waals surface area (Å²) in [7, 11) is 0. The zero-order chi connectivity index (χ0) is 13.0. The van der Waals surface area contributed by atoms with Crippen molar-refractivity contribution in [3.05, 3.63) is 35.1 Å². The maximum Gasteiger partial charge on any atom is 0.130 e. The molecular weight excluding hydrogens is 225 g/mol. The molecular formula is C16H24FN. The monoisotopic (exact) mass is 249 g/mol. The van der Waals surface area contributed by atoms with Gasteiger partial charge >= 0.3 is 0 Å². The summed E-state index contributed by atoms with van der Waals surface area (Å²) in [6, 6.07) is 5.92. The van der Waals surface area contributed by atoms with Crippen molar-refractivity contribution in [3.63, 3.8) is 0 Å². The van der Waals surface area contributed by atoms with Gasteiger partial charge in [-0.2, -0.15) is 0 Å². The van der Waals surface area contributed by atoms with Crippen LogP contribution in [-0.2, 0) is 0 Å². The van der Waals surface area contributed by atoms with Gasteiger partial charge in [0.15, 0.2) is 0 Å². The Morgan fingerprint density at radius 2 is 2.06 bits per heavy atom. The van der Waals surface area contributed by atoms with Gasteiger partial charge in [-0.3, -0.25) is 0 Å². The van der Waals surface area contributed by atoms with Crippen LogP contribution >= 0.6 is 0 Å². The third-order valence-electron chi connectivity index (χ3n) is 4.09. The minimum Gasteiger partial charge on any atom is -0.310 e. The van der Waals surface area contributed by atoms with Gasteiger partial charge in [0, 0.05) is 11.6 Å². The average Bonchev–Trinajstić information content (AvgIpc) is 2.85. The summed E-state index contributed by atoms with van der Waals surface area (Å²) in [6.07, 6.45) is 6.40. The molecule has 0 spiro atoms. The van der Waals surface area contributed by atoms with Crippen molar-refractivity contribution >= 4 is 0 Å². The van der Waals surface area contributed by atoms with Crippen LogP contribution in [0, 0.1) is 18.7 Å². The Bertz CT molecular complexity index is 383. The number of hydrogen-bond donors (Lipinski definition) is 1. The zero-order valence-electron chi connectivity index (χ0n) is 11.5. The van der Waals surface area contributed by atoms with Gasteiger partial charge in [0.1, 0.15) is 5.82 Å². The number of hydrogen-bond acceptors (Lipinski definition) is 1. The lowest BCUT2D eigenvalue weighted by molar-refractivity contribution is 0.390. The van der Waals surface area contributed by atoms with Crippen LogP contribution in [0.5, 0.6) is 0 Å². The topological polar surface area (TPSA) is 12.0 Å². The van der Waals surface area contributed by atoms with Crippen molar-refractivity contribution in [2.75, 3.05) is 6.54 Å². The van der Waals surface area contributed by atoms with Crippen molar-refractivity contribution in [2.45, 2.75) is 52.0 Å². The quantitative estimate of drug-likeness (QED) is 0.817. The molecule has 0 aliphatic heterocycles. The second-order valence-electron chi connectivity index (χ2n) is 5.47. The van der Waals surface area contributed by atoms with Crippen LogP contribution < -0.4 is 5.32 Å². The molecule has 2 rings (SSSR count). The molecule has 1 aromatic carbocycles. The predicted octanol–water partition coefficient (Wildman–Crippen LogP) is 4.37. The molecule has 0 heterocycles. The molecule has 1 aliphatic rings. The first-order chi connectivity index (χ1) is 8.72. The van der Waals surface area contributed by atoms with E-state index in [9.17, 15) is 4.39 Å². The van der Waals surface area contributed by atoms with E-state index in [0.29, 0.717) is 0 Å². The lowest BCUT2D eigenvalue weighted by atomic mass is 9.92. The molecule has 1 atom stereocenters. The summed E-state index contributed by atoms with van der Waals surface area (Å²) in [5, 5.41) is 3.45. The summed E-state index contributed by atoms with van der Waals surface area (Å²) >= 11 is 0. The fourth-order valence-electron chi connectivity index (χ4n) is 3.09. The number of nitrogens with one attached hydrogen (secondary N) is 1. The molecule has 1 fully saturated rings. The van der Waals surface area contributed by atoms with Gasteiger partial charge in [0.05, 0.1) is 0 Å². The number of halogens is 1. The molecule has 0 radical (unpaired) electrons. The summed E-state index contributed by atoms with van der Waals surface area (Å²) in [4.78, 5) is 0. The fourth-order valence-corrected chi connectivity index (χ4v) is 3.09. The van der Waals surface area contributed by atoms with Gasteiger partial charge in [0.25, 0.3) is 0 Å². The van der Waals surface area contributed by atoms with E-state index in [-0.39, 0.29) is 11.9 Å². The van der Waals surface area contributed by atoms with E-state index in [4.69, 9.17) is 0 Å². The van der Waals surface area contributed by atoms with Crippen LogP contribution in [0.15, 0.2) is 18.2 Å². The second-order valence-corrected chi connectivity index (χ2v) is 5.47. The molecule has 1 nitrogen and oxygen atoms in total. The highest BCUT2D eigenvalue weighted by atomic mass is 19.1. The zero-order valence-corrected chi connectivity index (χ0v) is 11.5. The van der Waals surface area contributed by atoms with E-state index in [2.05, 4.69) is 12.2 Å². The lowest BCUT2D eigenvalue weighted by Gasteiger charge is -2.23. The van der Waals surface area contributed by atoms with Gasteiger partial charge < -0.3 is 5.32 Å². The van der Waals surface area contributed by atoms with Gasteiger partial charge in [-0.15, -0.1) is 0 Å². The van der Waals surface area contributed by atoms with Crippen LogP contribution in [0.2, 0.25) is 0 Å². The third-order valence-corrected chi connectivity index (χ3v) is 4.09. The van der Waals surface area contributed by atoms with E-state index in [1.807, 2.05) is 25.1 Å². The normalized spacial score (nSPS) is 18.2. The van der Waals surface area contributed by atoms with Gasteiger partial charge in [-0.05, 0) is 31.4 Å². The Kier molecular flexibility index (Phi) is 4.76. The van der Waals surface area contributed by atoms with Crippen LogP contribution in [0.1, 0.15) is 56.2 Å². The molecule has 2 heteroatoms. The van der Waals surface area contributed by atoms with Gasteiger partial charge in [0.2, 0.25) is 0 Å². The van der Waals surface area contributed by atoms with E-state index in [1.165, 1.54) is 25.7 Å². The van der Waals surface area contributed by atoms with Crippen molar-refractivity contribution < 1.29 is 4.39 Å². The van der Waals surface area contributed by atoms with Crippen molar-refractivity contribution in [3.8, 4) is 0 Å². The molecule has 1 N–H and O–H groups in total. The van der Waals surface area contributed by atoms with Crippen LogP contribution in [-0.4, -0.2) is 6.54 Å². The molecule has 0 saturated heterocycles. The maximum absolute atomic E-state index is 14.2. The van der Waals surface area contributed by atoms with Gasteiger partial charge in [-0.1, -0.05) is 50.8 Å². The second kappa shape index (κ2) is 6.33. The Hall–Kier alpha value is -0.890. The van der Waals surface area contributed by atoms with Crippen LogP contribution in [0.3, 0.4) is 0 Å². The summed E-state index contributed by atoms with van der Waals surface area (Å²) in [5.41, 5.74) is 1.60.